The Morgan fingerprint density at radius 2 is 1.83 bits per heavy atom. The van der Waals surface area contributed by atoms with Crippen molar-refractivity contribution in [2.24, 2.45) is 0 Å². The quantitative estimate of drug-likeness (QED) is 0.375. The predicted octanol–water partition coefficient (Wildman–Crippen LogP) is 5.89. The molecule has 1 unspecified atom stereocenters. The van der Waals surface area contributed by atoms with Crippen molar-refractivity contribution in [3.05, 3.63) is 60.9 Å². The van der Waals surface area contributed by atoms with Crippen molar-refractivity contribution in [3.8, 4) is 5.75 Å². The molecule has 0 saturated heterocycles. The molecule has 1 aromatic carbocycles. The number of rotatable bonds is 7. The van der Waals surface area contributed by atoms with E-state index in [1.807, 2.05) is 37.3 Å². The molecule has 0 amide bonds. The normalized spacial score (nSPS) is 12.2. The van der Waals surface area contributed by atoms with Crippen molar-refractivity contribution in [3.63, 3.8) is 0 Å². The number of H-pyrrole nitrogens is 1. The summed E-state index contributed by atoms with van der Waals surface area (Å²) >= 11 is 10.4. The van der Waals surface area contributed by atoms with Crippen LogP contribution in [0.5, 0.6) is 5.75 Å². The third-order valence-electron chi connectivity index (χ3n) is 3.46. The second-order valence-corrected chi connectivity index (χ2v) is 7.94. The van der Waals surface area contributed by atoms with Gasteiger partial charge in [-0.25, -0.2) is 0 Å². The highest BCUT2D eigenvalue weighted by Crippen LogP contribution is 2.32. The zero-order valence-corrected chi connectivity index (χ0v) is 17.5. The summed E-state index contributed by atoms with van der Waals surface area (Å²) in [5.41, 5.74) is 1.71. The summed E-state index contributed by atoms with van der Waals surface area (Å²) in [6.45, 7) is 2.58. The van der Waals surface area contributed by atoms with Crippen LogP contribution in [-0.4, -0.2) is 11.6 Å². The van der Waals surface area contributed by atoms with Crippen molar-refractivity contribution in [1.82, 2.24) is 4.98 Å². The highest BCUT2D eigenvalue weighted by atomic mass is 79.9. The number of benzene rings is 1. The average Bonchev–Trinajstić information content (AvgIpc) is 2.56. The minimum atomic E-state index is -0.0203. The van der Waals surface area contributed by atoms with Crippen LogP contribution in [0.15, 0.2) is 44.1 Å². The van der Waals surface area contributed by atoms with E-state index in [0.717, 1.165) is 36.4 Å². The number of hydrogen-bond donors (Lipinski definition) is 1. The molecule has 0 spiro atoms. The van der Waals surface area contributed by atoms with Gasteiger partial charge in [0.1, 0.15) is 5.75 Å². The fourth-order valence-corrected chi connectivity index (χ4v) is 4.30. The van der Waals surface area contributed by atoms with Crippen LogP contribution in [-0.2, 0) is 0 Å². The van der Waals surface area contributed by atoms with Gasteiger partial charge in [0.2, 0.25) is 5.43 Å². The summed E-state index contributed by atoms with van der Waals surface area (Å²) in [4.78, 5) is 15.5. The van der Waals surface area contributed by atoms with Crippen molar-refractivity contribution in [2.75, 3.05) is 6.61 Å². The first-order valence-electron chi connectivity index (χ1n) is 7.40. The number of pyridine rings is 1. The number of alkyl halides is 1. The van der Waals surface area contributed by atoms with Crippen LogP contribution in [0, 0.1) is 6.92 Å². The van der Waals surface area contributed by atoms with Gasteiger partial charge in [-0.2, -0.15) is 0 Å². The second kappa shape index (κ2) is 9.04. The molecular formula is C17H18Br3NO2. The van der Waals surface area contributed by atoms with Crippen LogP contribution >= 0.6 is 47.8 Å². The zero-order chi connectivity index (χ0) is 16.8. The highest BCUT2D eigenvalue weighted by Gasteiger charge is 2.17. The largest absolute Gasteiger partial charge is 0.494 e. The van der Waals surface area contributed by atoms with Crippen molar-refractivity contribution < 1.29 is 4.74 Å². The first-order valence-corrected chi connectivity index (χ1v) is 9.90. The number of ether oxygens (including phenoxy) is 1. The van der Waals surface area contributed by atoms with Crippen LogP contribution in [0.25, 0.3) is 0 Å². The van der Waals surface area contributed by atoms with E-state index in [1.54, 1.807) is 0 Å². The monoisotopic (exact) mass is 505 g/mol. The third kappa shape index (κ3) is 5.19. The van der Waals surface area contributed by atoms with E-state index in [2.05, 4.69) is 52.8 Å². The molecule has 124 valence electrons. The molecule has 2 aromatic rings. The Morgan fingerprint density at radius 1 is 1.13 bits per heavy atom. The SMILES string of the molecule is Cc1[nH]c(C(Br)CCCCOc2ccccc2)c(Br)c(=O)c1Br. The number of aryl methyl sites for hydroxylation is 1. The summed E-state index contributed by atoms with van der Waals surface area (Å²) < 4.78 is 6.84. The lowest BCUT2D eigenvalue weighted by Gasteiger charge is -2.14. The Labute approximate surface area is 161 Å². The fourth-order valence-electron chi connectivity index (χ4n) is 2.19. The topological polar surface area (TPSA) is 42.1 Å². The maximum atomic E-state index is 12.1. The predicted molar refractivity (Wildman–Crippen MR) is 105 cm³/mol. The lowest BCUT2D eigenvalue weighted by atomic mass is 10.1. The molecule has 0 saturated carbocycles. The number of hydrogen-bond acceptors (Lipinski definition) is 2. The van der Waals surface area contributed by atoms with Crippen LogP contribution < -0.4 is 10.2 Å². The number of para-hydroxylation sites is 1. The van der Waals surface area contributed by atoms with Gasteiger partial charge in [-0.1, -0.05) is 34.1 Å². The molecule has 3 nitrogen and oxygen atoms in total. The molecule has 0 aliphatic rings. The Kier molecular flexibility index (Phi) is 7.37. The molecule has 1 N–H and O–H groups in total. The molecule has 0 radical (unpaired) electrons. The van der Waals surface area contributed by atoms with Gasteiger partial charge >= 0.3 is 0 Å². The maximum absolute atomic E-state index is 12.1. The van der Waals surface area contributed by atoms with E-state index < -0.39 is 0 Å². The van der Waals surface area contributed by atoms with E-state index in [-0.39, 0.29) is 10.3 Å². The molecule has 6 heteroatoms. The Hall–Kier alpha value is -0.590. The number of nitrogens with one attached hydrogen (secondary N) is 1. The van der Waals surface area contributed by atoms with E-state index in [9.17, 15) is 4.79 Å². The summed E-state index contributed by atoms with van der Waals surface area (Å²) in [5.74, 6) is 0.901. The first-order chi connectivity index (χ1) is 11.0. The number of halogens is 3. The Morgan fingerprint density at radius 3 is 2.52 bits per heavy atom. The van der Waals surface area contributed by atoms with E-state index in [0.29, 0.717) is 15.6 Å². The molecule has 0 aliphatic heterocycles. The lowest BCUT2D eigenvalue weighted by Crippen LogP contribution is -2.12. The van der Waals surface area contributed by atoms with Crippen LogP contribution in [0.4, 0.5) is 0 Å². The lowest BCUT2D eigenvalue weighted by molar-refractivity contribution is 0.305. The summed E-state index contributed by atoms with van der Waals surface area (Å²) in [7, 11) is 0. The first kappa shape index (κ1) is 18.7. The number of aromatic amines is 1. The smallest absolute Gasteiger partial charge is 0.210 e. The van der Waals surface area contributed by atoms with Crippen LogP contribution in [0.2, 0.25) is 0 Å². The van der Waals surface area contributed by atoms with Gasteiger partial charge in [-0.3, -0.25) is 4.79 Å². The molecule has 23 heavy (non-hydrogen) atoms. The second-order valence-electron chi connectivity index (χ2n) is 5.25. The number of aromatic nitrogens is 1. The molecule has 1 heterocycles. The Bertz CT molecular complexity index is 701. The summed E-state index contributed by atoms with van der Waals surface area (Å²) in [6, 6.07) is 9.82. The highest BCUT2D eigenvalue weighted by molar-refractivity contribution is 9.11. The zero-order valence-electron chi connectivity index (χ0n) is 12.7. The molecule has 0 bridgehead atoms. The molecule has 0 fully saturated rings. The molecule has 2 rings (SSSR count). The Balaban J connectivity index is 1.83. The van der Waals surface area contributed by atoms with Gasteiger partial charge in [0.05, 0.1) is 20.4 Å². The minimum Gasteiger partial charge on any atom is -0.494 e. The van der Waals surface area contributed by atoms with Crippen LogP contribution in [0.1, 0.15) is 35.5 Å². The summed E-state index contributed by atoms with van der Waals surface area (Å²) in [5, 5.41) is 0. The molecule has 1 atom stereocenters. The third-order valence-corrected chi connectivity index (χ3v) is 6.12. The molecule has 1 aromatic heterocycles. The van der Waals surface area contributed by atoms with Gasteiger partial charge in [0, 0.05) is 11.4 Å². The average molecular weight is 508 g/mol. The molecule has 0 aliphatic carbocycles. The van der Waals surface area contributed by atoms with E-state index >= 15 is 0 Å². The van der Waals surface area contributed by atoms with Gasteiger partial charge < -0.3 is 9.72 Å². The maximum Gasteiger partial charge on any atom is 0.210 e. The van der Waals surface area contributed by atoms with E-state index in [4.69, 9.17) is 4.74 Å². The van der Waals surface area contributed by atoms with Gasteiger partial charge in [0.15, 0.2) is 0 Å². The standard InChI is InChI=1S/C17H18Br3NO2/c1-11-14(19)17(22)15(20)16(21-11)13(18)9-5-6-10-23-12-7-3-2-4-8-12/h2-4,7-8,13H,5-6,9-10H2,1H3,(H,21,22). The van der Waals surface area contributed by atoms with Crippen molar-refractivity contribution in [1.29, 1.82) is 0 Å². The summed E-state index contributed by atoms with van der Waals surface area (Å²) in [6.07, 6.45) is 2.90. The fraction of sp³-hybridized carbons (Fsp3) is 0.353. The van der Waals surface area contributed by atoms with Gasteiger partial charge in [-0.05, 0) is 70.2 Å². The number of unbranched alkanes of at least 4 members (excludes halogenated alkanes) is 1. The van der Waals surface area contributed by atoms with Crippen molar-refractivity contribution >= 4 is 47.8 Å². The minimum absolute atomic E-state index is 0.0203. The van der Waals surface area contributed by atoms with E-state index in [1.165, 1.54) is 0 Å². The van der Waals surface area contributed by atoms with Gasteiger partial charge in [0.25, 0.3) is 0 Å². The van der Waals surface area contributed by atoms with Crippen molar-refractivity contribution in [2.45, 2.75) is 31.0 Å². The van der Waals surface area contributed by atoms with Gasteiger partial charge in [-0.15, -0.1) is 0 Å². The van der Waals surface area contributed by atoms with Crippen LogP contribution in [0.3, 0.4) is 0 Å². The molecular weight excluding hydrogens is 490 g/mol.